The predicted octanol–water partition coefficient (Wildman–Crippen LogP) is 2.70. The van der Waals surface area contributed by atoms with Gasteiger partial charge in [0.25, 0.3) is 11.1 Å². The molecule has 0 saturated carbocycles. The maximum absolute atomic E-state index is 12.5. The highest BCUT2D eigenvalue weighted by atomic mass is 32.2. The lowest BCUT2D eigenvalue weighted by molar-refractivity contribution is -0.149. The third-order valence-corrected chi connectivity index (χ3v) is 4.42. The molecule has 0 atom stereocenters. The molecule has 1 aromatic rings. The summed E-state index contributed by atoms with van der Waals surface area (Å²) in [4.78, 5) is 37.4. The Kier molecular flexibility index (Phi) is 6.73. The summed E-state index contributed by atoms with van der Waals surface area (Å²) in [5.41, 5.74) is 0.583. The summed E-state index contributed by atoms with van der Waals surface area (Å²) in [6.45, 7) is 2.96. The normalized spacial score (nSPS) is 15.5. The molecule has 146 valence electrons. The van der Waals surface area contributed by atoms with Crippen molar-refractivity contribution in [1.82, 2.24) is 4.90 Å². The van der Waals surface area contributed by atoms with Crippen molar-refractivity contribution in [3.05, 3.63) is 22.6 Å². The Morgan fingerprint density at radius 3 is 2.19 bits per heavy atom. The largest absolute Gasteiger partial charge is 0.493 e. The number of hydrogen-bond donors (Lipinski definition) is 0. The van der Waals surface area contributed by atoms with Gasteiger partial charge in [-0.05, 0) is 49.4 Å². The second-order valence-corrected chi connectivity index (χ2v) is 6.76. The highest BCUT2D eigenvalue weighted by molar-refractivity contribution is 8.18. The van der Waals surface area contributed by atoms with Crippen molar-refractivity contribution < 1.29 is 33.3 Å². The van der Waals surface area contributed by atoms with Gasteiger partial charge in [0.2, 0.25) is 5.75 Å². The molecule has 1 aliphatic rings. The van der Waals surface area contributed by atoms with Crippen LogP contribution in [0.15, 0.2) is 17.0 Å². The fourth-order valence-electron chi connectivity index (χ4n) is 2.40. The smallest absolute Gasteiger partial charge is 0.326 e. The maximum Gasteiger partial charge on any atom is 0.326 e. The van der Waals surface area contributed by atoms with E-state index < -0.39 is 23.7 Å². The van der Waals surface area contributed by atoms with Gasteiger partial charge in [-0.25, -0.2) is 0 Å². The maximum atomic E-state index is 12.5. The van der Waals surface area contributed by atoms with E-state index in [9.17, 15) is 14.4 Å². The van der Waals surface area contributed by atoms with Gasteiger partial charge in [0.1, 0.15) is 6.54 Å². The Balaban J connectivity index is 2.28. The van der Waals surface area contributed by atoms with E-state index in [-0.39, 0.29) is 11.0 Å². The van der Waals surface area contributed by atoms with E-state index in [2.05, 4.69) is 0 Å². The van der Waals surface area contributed by atoms with Crippen molar-refractivity contribution in [1.29, 1.82) is 0 Å². The quantitative estimate of drug-likeness (QED) is 0.514. The van der Waals surface area contributed by atoms with Crippen LogP contribution < -0.4 is 14.2 Å². The molecule has 0 N–H and O–H groups in total. The molecule has 0 bridgehead atoms. The number of rotatable bonds is 7. The van der Waals surface area contributed by atoms with Crippen molar-refractivity contribution in [2.75, 3.05) is 27.9 Å². The van der Waals surface area contributed by atoms with E-state index in [1.165, 1.54) is 27.4 Å². The highest BCUT2D eigenvalue weighted by Gasteiger charge is 2.36. The van der Waals surface area contributed by atoms with Gasteiger partial charge >= 0.3 is 5.97 Å². The number of carbonyl (C=O) groups excluding carboxylic acids is 3. The van der Waals surface area contributed by atoms with Crippen molar-refractivity contribution >= 4 is 35.0 Å². The number of methoxy groups -OCH3 is 3. The summed E-state index contributed by atoms with van der Waals surface area (Å²) in [6, 6.07) is 3.31. The molecular formula is C18H21NO7S. The first-order valence-electron chi connectivity index (χ1n) is 8.05. The zero-order chi connectivity index (χ0) is 20.1. The van der Waals surface area contributed by atoms with Crippen LogP contribution in [0.1, 0.15) is 19.4 Å². The van der Waals surface area contributed by atoms with Crippen LogP contribution >= 0.6 is 11.8 Å². The molecule has 1 aliphatic heterocycles. The number of esters is 1. The number of amides is 2. The molecule has 1 saturated heterocycles. The highest BCUT2D eigenvalue weighted by Crippen LogP contribution is 2.40. The van der Waals surface area contributed by atoms with Gasteiger partial charge in [-0.3, -0.25) is 19.3 Å². The van der Waals surface area contributed by atoms with Gasteiger partial charge in [0.15, 0.2) is 11.5 Å². The molecule has 27 heavy (non-hydrogen) atoms. The zero-order valence-electron chi connectivity index (χ0n) is 15.7. The molecule has 1 fully saturated rings. The van der Waals surface area contributed by atoms with Crippen LogP contribution in [0.4, 0.5) is 4.79 Å². The molecule has 1 aromatic carbocycles. The van der Waals surface area contributed by atoms with Gasteiger partial charge in [0.05, 0.1) is 32.3 Å². The minimum atomic E-state index is -0.638. The van der Waals surface area contributed by atoms with Gasteiger partial charge in [0, 0.05) is 0 Å². The Morgan fingerprint density at radius 1 is 1.11 bits per heavy atom. The third kappa shape index (κ3) is 4.73. The first kappa shape index (κ1) is 20.6. The molecule has 0 unspecified atom stereocenters. The van der Waals surface area contributed by atoms with Gasteiger partial charge in [-0.1, -0.05) is 0 Å². The number of thioether (sulfide) groups is 1. The van der Waals surface area contributed by atoms with E-state index in [1.807, 2.05) is 0 Å². The van der Waals surface area contributed by atoms with Crippen LogP contribution in [0.2, 0.25) is 0 Å². The average molecular weight is 395 g/mol. The SMILES string of the molecule is COc1cc(C=C2SC(=O)N(CC(=O)OC(C)C)C2=O)cc(OC)c1OC. The van der Waals surface area contributed by atoms with Crippen LogP contribution in [0.5, 0.6) is 17.2 Å². The predicted molar refractivity (Wildman–Crippen MR) is 100 cm³/mol. The molecule has 0 aliphatic carbocycles. The van der Waals surface area contributed by atoms with E-state index in [4.69, 9.17) is 18.9 Å². The van der Waals surface area contributed by atoms with Gasteiger partial charge in [-0.15, -0.1) is 0 Å². The summed E-state index contributed by atoms with van der Waals surface area (Å²) >= 11 is 0.752. The second kappa shape index (κ2) is 8.81. The molecule has 0 radical (unpaired) electrons. The third-order valence-electron chi connectivity index (χ3n) is 3.51. The number of benzene rings is 1. The van der Waals surface area contributed by atoms with E-state index in [0.29, 0.717) is 22.8 Å². The van der Waals surface area contributed by atoms with Crippen molar-refractivity contribution in [3.63, 3.8) is 0 Å². The molecule has 2 rings (SSSR count). The number of ether oxygens (including phenoxy) is 4. The molecule has 8 nitrogen and oxygen atoms in total. The monoisotopic (exact) mass is 395 g/mol. The van der Waals surface area contributed by atoms with Crippen LogP contribution in [0, 0.1) is 0 Å². The van der Waals surface area contributed by atoms with Crippen molar-refractivity contribution in [2.24, 2.45) is 0 Å². The number of hydrogen-bond acceptors (Lipinski definition) is 8. The number of carbonyl (C=O) groups is 3. The second-order valence-electron chi connectivity index (χ2n) is 5.77. The lowest BCUT2D eigenvalue weighted by Crippen LogP contribution is -2.35. The van der Waals surface area contributed by atoms with E-state index in [0.717, 1.165) is 16.7 Å². The summed E-state index contributed by atoms with van der Waals surface area (Å²) < 4.78 is 20.8. The minimum absolute atomic E-state index is 0.187. The van der Waals surface area contributed by atoms with Crippen molar-refractivity contribution in [3.8, 4) is 17.2 Å². The van der Waals surface area contributed by atoms with E-state index in [1.54, 1.807) is 26.0 Å². The standard InChI is InChI=1S/C18H21NO7S/c1-10(2)26-15(20)9-19-17(21)14(27-18(19)22)8-11-6-12(23-3)16(25-5)13(7-11)24-4/h6-8,10H,9H2,1-5H3. The topological polar surface area (TPSA) is 91.4 Å². The van der Waals surface area contributed by atoms with Crippen LogP contribution in [0.3, 0.4) is 0 Å². The Labute approximate surface area is 161 Å². The van der Waals surface area contributed by atoms with Crippen LogP contribution in [0.25, 0.3) is 6.08 Å². The molecule has 0 spiro atoms. The molecule has 1 heterocycles. The number of imide groups is 1. The summed E-state index contributed by atoms with van der Waals surface area (Å²) in [6.07, 6.45) is 1.20. The summed E-state index contributed by atoms with van der Waals surface area (Å²) in [5, 5.41) is -0.528. The fraction of sp³-hybridized carbons (Fsp3) is 0.389. The van der Waals surface area contributed by atoms with Crippen molar-refractivity contribution in [2.45, 2.75) is 20.0 Å². The average Bonchev–Trinajstić information content (AvgIpc) is 2.87. The fourth-order valence-corrected chi connectivity index (χ4v) is 3.24. The first-order chi connectivity index (χ1) is 12.8. The summed E-state index contributed by atoms with van der Waals surface area (Å²) in [7, 11) is 4.45. The Morgan fingerprint density at radius 2 is 1.70 bits per heavy atom. The summed E-state index contributed by atoms with van der Waals surface area (Å²) in [5.74, 6) is 0.0631. The first-order valence-corrected chi connectivity index (χ1v) is 8.87. The lowest BCUT2D eigenvalue weighted by atomic mass is 10.1. The number of nitrogens with zero attached hydrogens (tertiary/aromatic N) is 1. The molecular weight excluding hydrogens is 374 g/mol. The van der Waals surface area contributed by atoms with Crippen LogP contribution in [-0.2, 0) is 14.3 Å². The Bertz CT molecular complexity index is 763. The molecule has 2 amide bonds. The van der Waals surface area contributed by atoms with Gasteiger partial charge < -0.3 is 18.9 Å². The van der Waals surface area contributed by atoms with Gasteiger partial charge in [-0.2, -0.15) is 0 Å². The lowest BCUT2D eigenvalue weighted by Gasteiger charge is -2.14. The molecule has 0 aromatic heterocycles. The zero-order valence-corrected chi connectivity index (χ0v) is 16.5. The minimum Gasteiger partial charge on any atom is -0.493 e. The van der Waals surface area contributed by atoms with E-state index >= 15 is 0 Å². The Hall–Kier alpha value is -2.68. The molecule has 9 heteroatoms. The van der Waals surface area contributed by atoms with Crippen LogP contribution in [-0.4, -0.2) is 56.0 Å².